The number of carbonyl (C=O) groups is 2. The summed E-state index contributed by atoms with van der Waals surface area (Å²) in [6, 6.07) is 19.6. The maximum Gasteiger partial charge on any atom is 0.265 e. The number of methoxy groups -OCH3 is 1. The number of anilines is 1. The molecule has 1 aromatic heterocycles. The number of amides is 2. The quantitative estimate of drug-likeness (QED) is 0.379. The van der Waals surface area contributed by atoms with Gasteiger partial charge in [-0.25, -0.2) is 0 Å². The van der Waals surface area contributed by atoms with Gasteiger partial charge in [-0.3, -0.25) is 14.5 Å². The summed E-state index contributed by atoms with van der Waals surface area (Å²) < 4.78 is 10.5. The van der Waals surface area contributed by atoms with Crippen molar-refractivity contribution in [2.75, 3.05) is 12.0 Å². The van der Waals surface area contributed by atoms with Crippen LogP contribution in [0.25, 0.3) is 0 Å². The van der Waals surface area contributed by atoms with Crippen molar-refractivity contribution in [3.8, 4) is 11.8 Å². The van der Waals surface area contributed by atoms with Crippen LogP contribution in [0.15, 0.2) is 81.9 Å². The smallest absolute Gasteiger partial charge is 0.265 e. The number of carbonyl (C=O) groups excluding carboxylic acids is 2. The number of hydrogen-bond acceptors (Lipinski definition) is 6. The van der Waals surface area contributed by atoms with Crippen molar-refractivity contribution in [1.82, 2.24) is 5.32 Å². The van der Waals surface area contributed by atoms with Gasteiger partial charge in [0.05, 0.1) is 25.2 Å². The molecular weight excluding hydrogens is 474 g/mol. The van der Waals surface area contributed by atoms with Crippen LogP contribution >= 0.6 is 23.4 Å². The minimum Gasteiger partial charge on any atom is -0.497 e. The highest BCUT2D eigenvalue weighted by Gasteiger charge is 2.40. The molecule has 0 spiro atoms. The Kier molecular flexibility index (Phi) is 7.26. The van der Waals surface area contributed by atoms with Gasteiger partial charge in [0, 0.05) is 10.7 Å². The first-order valence-electron chi connectivity index (χ1n) is 10.3. The first-order chi connectivity index (χ1) is 16.5. The van der Waals surface area contributed by atoms with Gasteiger partial charge in [-0.15, -0.1) is 0 Å². The normalized spacial score (nSPS) is 16.8. The summed E-state index contributed by atoms with van der Waals surface area (Å²) in [5.41, 5.74) is 1.32. The Balaban J connectivity index is 1.67. The summed E-state index contributed by atoms with van der Waals surface area (Å²) in [6.45, 7) is 0.125. The fourth-order valence-corrected chi connectivity index (χ4v) is 4.89. The molecule has 1 aliphatic rings. The van der Waals surface area contributed by atoms with Crippen LogP contribution in [0.5, 0.6) is 5.75 Å². The molecule has 0 saturated carbocycles. The topological polar surface area (TPSA) is 95.6 Å². The summed E-state index contributed by atoms with van der Waals surface area (Å²) in [4.78, 5) is 27.8. The van der Waals surface area contributed by atoms with Crippen LogP contribution in [0.2, 0.25) is 5.02 Å². The van der Waals surface area contributed by atoms with Gasteiger partial charge in [0.2, 0.25) is 5.91 Å². The lowest BCUT2D eigenvalue weighted by Gasteiger charge is -2.19. The third kappa shape index (κ3) is 5.11. The fraction of sp³-hybridized carbons (Fsp3) is 0.160. The Morgan fingerprint density at radius 1 is 1.21 bits per heavy atom. The number of nitriles is 1. The Bertz CT molecular complexity index is 1250. The van der Waals surface area contributed by atoms with Gasteiger partial charge in [0.1, 0.15) is 28.2 Å². The van der Waals surface area contributed by atoms with Crippen LogP contribution in [0, 0.1) is 11.3 Å². The molecule has 1 N–H and O–H groups in total. The number of hydrogen-bond donors (Lipinski definition) is 1. The summed E-state index contributed by atoms with van der Waals surface area (Å²) in [5.74, 6) is 0.382. The Morgan fingerprint density at radius 2 is 1.94 bits per heavy atom. The van der Waals surface area contributed by atoms with E-state index in [4.69, 9.17) is 20.8 Å². The van der Waals surface area contributed by atoms with E-state index in [1.54, 1.807) is 55.6 Å². The zero-order valence-corrected chi connectivity index (χ0v) is 19.7. The van der Waals surface area contributed by atoms with Crippen LogP contribution in [-0.2, 0) is 22.6 Å². The maximum atomic E-state index is 13.5. The molecule has 2 amide bonds. The van der Waals surface area contributed by atoms with Crippen molar-refractivity contribution in [3.63, 3.8) is 0 Å². The molecule has 9 heteroatoms. The molecular formula is C25H20ClN3O4S. The van der Waals surface area contributed by atoms with Gasteiger partial charge < -0.3 is 14.5 Å². The third-order valence-corrected chi connectivity index (χ3v) is 6.69. The largest absolute Gasteiger partial charge is 0.497 e. The van der Waals surface area contributed by atoms with Crippen molar-refractivity contribution >= 4 is 40.9 Å². The van der Waals surface area contributed by atoms with E-state index in [0.717, 1.165) is 5.56 Å². The summed E-state index contributed by atoms with van der Waals surface area (Å²) in [5, 5.41) is 12.9. The van der Waals surface area contributed by atoms with Crippen LogP contribution in [0.4, 0.5) is 5.69 Å². The lowest BCUT2D eigenvalue weighted by atomic mass is 10.1. The predicted octanol–water partition coefficient (Wildman–Crippen LogP) is 4.68. The molecule has 0 radical (unpaired) electrons. The van der Waals surface area contributed by atoms with Crippen molar-refractivity contribution in [2.45, 2.75) is 18.2 Å². The van der Waals surface area contributed by atoms with Gasteiger partial charge in [0.15, 0.2) is 0 Å². The second-order valence-corrected chi connectivity index (χ2v) is 8.99. The molecule has 172 valence electrons. The second-order valence-electron chi connectivity index (χ2n) is 7.36. The van der Waals surface area contributed by atoms with Gasteiger partial charge >= 0.3 is 0 Å². The van der Waals surface area contributed by atoms with Crippen molar-refractivity contribution < 1.29 is 18.7 Å². The van der Waals surface area contributed by atoms with E-state index in [0.29, 0.717) is 28.6 Å². The van der Waals surface area contributed by atoms with Crippen molar-refractivity contribution in [3.05, 3.63) is 93.9 Å². The molecule has 7 nitrogen and oxygen atoms in total. The van der Waals surface area contributed by atoms with E-state index < -0.39 is 11.2 Å². The third-order valence-electron chi connectivity index (χ3n) is 5.17. The first-order valence-corrected chi connectivity index (χ1v) is 11.6. The van der Waals surface area contributed by atoms with Crippen LogP contribution in [0.1, 0.15) is 11.3 Å². The molecule has 1 unspecified atom stereocenters. The molecule has 4 rings (SSSR count). The summed E-state index contributed by atoms with van der Waals surface area (Å²) >= 11 is 7.18. The minimum absolute atomic E-state index is 0.125. The van der Waals surface area contributed by atoms with Crippen LogP contribution in [0.3, 0.4) is 0 Å². The Labute approximate surface area is 205 Å². The van der Waals surface area contributed by atoms with Crippen molar-refractivity contribution in [1.29, 1.82) is 5.26 Å². The molecule has 0 bridgehead atoms. The van der Waals surface area contributed by atoms with Gasteiger partial charge in [-0.1, -0.05) is 35.5 Å². The molecule has 1 saturated heterocycles. The average molecular weight is 494 g/mol. The highest BCUT2D eigenvalue weighted by Crippen LogP contribution is 2.42. The highest BCUT2D eigenvalue weighted by molar-refractivity contribution is 8.05. The molecule has 1 atom stereocenters. The average Bonchev–Trinajstić information content (AvgIpc) is 3.48. The number of ether oxygens (including phenoxy) is 1. The van der Waals surface area contributed by atoms with Gasteiger partial charge in [-0.05, 0) is 60.5 Å². The SMILES string of the molecule is COc1ccc(N2C(=O)C(Cc3ccc(Cl)cc3)S/C2=C(/C#N)C(=O)NCc2ccco2)cc1. The highest BCUT2D eigenvalue weighted by atomic mass is 35.5. The maximum absolute atomic E-state index is 13.5. The predicted molar refractivity (Wildman–Crippen MR) is 130 cm³/mol. The van der Waals surface area contributed by atoms with E-state index in [1.807, 2.05) is 18.2 Å². The minimum atomic E-state index is -0.583. The molecule has 1 fully saturated rings. The van der Waals surface area contributed by atoms with E-state index in [-0.39, 0.29) is 23.1 Å². The monoisotopic (exact) mass is 493 g/mol. The summed E-state index contributed by atoms with van der Waals surface area (Å²) in [6.07, 6.45) is 1.92. The van der Waals surface area contributed by atoms with Gasteiger partial charge in [0.25, 0.3) is 5.91 Å². The van der Waals surface area contributed by atoms with E-state index in [2.05, 4.69) is 5.32 Å². The number of rotatable bonds is 7. The number of furan rings is 1. The standard InChI is InChI=1S/C25H20ClN3O4S/c1-32-19-10-8-18(9-11-19)29-24(31)22(13-16-4-6-17(26)7-5-16)34-25(29)21(14-27)23(30)28-15-20-3-2-12-33-20/h2-12,22H,13,15H2,1H3,(H,28,30)/b25-21-. The first kappa shape index (κ1) is 23.5. The number of halogens is 1. The number of nitrogens with one attached hydrogen (secondary N) is 1. The number of nitrogens with zero attached hydrogens (tertiary/aromatic N) is 2. The number of benzene rings is 2. The zero-order valence-electron chi connectivity index (χ0n) is 18.2. The molecule has 3 aromatic rings. The van der Waals surface area contributed by atoms with Crippen molar-refractivity contribution in [2.24, 2.45) is 0 Å². The molecule has 2 aromatic carbocycles. The van der Waals surface area contributed by atoms with E-state index in [1.165, 1.54) is 22.9 Å². The van der Waals surface area contributed by atoms with Crippen LogP contribution < -0.4 is 15.0 Å². The van der Waals surface area contributed by atoms with Gasteiger partial charge in [-0.2, -0.15) is 5.26 Å². The Hall–Kier alpha value is -3.67. The van der Waals surface area contributed by atoms with Crippen LogP contribution in [-0.4, -0.2) is 24.2 Å². The van der Waals surface area contributed by atoms with E-state index in [9.17, 15) is 14.9 Å². The second kappa shape index (κ2) is 10.5. The molecule has 34 heavy (non-hydrogen) atoms. The Morgan fingerprint density at radius 3 is 2.56 bits per heavy atom. The zero-order chi connectivity index (χ0) is 24.1. The summed E-state index contributed by atoms with van der Waals surface area (Å²) in [7, 11) is 1.55. The molecule has 1 aliphatic heterocycles. The fourth-order valence-electron chi connectivity index (χ4n) is 3.46. The molecule has 2 heterocycles. The van der Waals surface area contributed by atoms with E-state index >= 15 is 0 Å². The number of thioether (sulfide) groups is 1. The lowest BCUT2D eigenvalue weighted by molar-refractivity contribution is -0.117. The lowest BCUT2D eigenvalue weighted by Crippen LogP contribution is -2.32. The molecule has 0 aliphatic carbocycles.